The van der Waals surface area contributed by atoms with Gasteiger partial charge >= 0.3 is 0 Å². The van der Waals surface area contributed by atoms with E-state index < -0.39 is 0 Å². The molecule has 0 aromatic carbocycles. The minimum Gasteiger partial charge on any atom is -0.309 e. The van der Waals surface area contributed by atoms with Crippen molar-refractivity contribution in [1.29, 1.82) is 0 Å². The normalized spacial score (nSPS) is 11.3. The summed E-state index contributed by atoms with van der Waals surface area (Å²) in [4.78, 5) is 7.97. The van der Waals surface area contributed by atoms with Crippen LogP contribution in [0.5, 0.6) is 0 Å². The average molecular weight is 265 g/mol. The first-order valence-corrected chi connectivity index (χ1v) is 7.59. The lowest BCUT2D eigenvalue weighted by molar-refractivity contribution is 0.401. The van der Waals surface area contributed by atoms with E-state index in [9.17, 15) is 0 Å². The number of thiophene rings is 2. The molecule has 0 atom stereocenters. The van der Waals surface area contributed by atoms with Crippen molar-refractivity contribution < 1.29 is 0 Å². The Labute approximate surface area is 112 Å². The van der Waals surface area contributed by atoms with Crippen LogP contribution in [0.2, 0.25) is 0 Å². The number of hydrogen-bond acceptors (Lipinski definition) is 3. The fourth-order valence-corrected chi connectivity index (χ4v) is 3.79. The van der Waals surface area contributed by atoms with Gasteiger partial charge < -0.3 is 4.90 Å². The van der Waals surface area contributed by atoms with Gasteiger partial charge in [-0.15, -0.1) is 22.7 Å². The summed E-state index contributed by atoms with van der Waals surface area (Å²) in [6.07, 6.45) is 2.45. The summed E-state index contributed by atoms with van der Waals surface area (Å²) in [7, 11) is 4.27. The Hall–Kier alpha value is -0.640. The molecule has 0 bridgehead atoms. The topological polar surface area (TPSA) is 3.24 Å². The molecule has 0 aliphatic carbocycles. The van der Waals surface area contributed by atoms with Crippen molar-refractivity contribution in [2.75, 3.05) is 20.6 Å². The first-order valence-electron chi connectivity index (χ1n) is 5.95. The highest BCUT2D eigenvalue weighted by Crippen LogP contribution is 2.33. The zero-order valence-corrected chi connectivity index (χ0v) is 12.3. The molecule has 2 rings (SSSR count). The number of nitrogens with zero attached hydrogens (tertiary/aromatic N) is 1. The second-order valence-corrected chi connectivity index (χ2v) is 7.04. The van der Waals surface area contributed by atoms with Crippen molar-refractivity contribution in [3.63, 3.8) is 0 Å². The van der Waals surface area contributed by atoms with Gasteiger partial charge in [0.15, 0.2) is 0 Å². The molecule has 2 aromatic heterocycles. The van der Waals surface area contributed by atoms with Gasteiger partial charge in [0, 0.05) is 19.5 Å². The van der Waals surface area contributed by atoms with Crippen molar-refractivity contribution in [3.05, 3.63) is 34.0 Å². The Kier molecular flexibility index (Phi) is 4.37. The van der Waals surface area contributed by atoms with Crippen LogP contribution in [0.4, 0.5) is 0 Å². The highest BCUT2D eigenvalue weighted by atomic mass is 32.1. The molecule has 0 aliphatic heterocycles. The monoisotopic (exact) mass is 265 g/mol. The summed E-state index contributed by atoms with van der Waals surface area (Å²) in [5, 5.41) is 0. The molecule has 0 unspecified atom stereocenters. The maximum atomic E-state index is 2.28. The number of rotatable bonds is 5. The molecular formula is C14H19NS2. The van der Waals surface area contributed by atoms with Gasteiger partial charge in [0.1, 0.15) is 0 Å². The Balaban J connectivity index is 1.96. The fourth-order valence-electron chi connectivity index (χ4n) is 1.78. The third-order valence-corrected chi connectivity index (χ3v) is 5.01. The maximum Gasteiger partial charge on any atom is 0.0445 e. The van der Waals surface area contributed by atoms with Crippen LogP contribution < -0.4 is 0 Å². The van der Waals surface area contributed by atoms with Crippen LogP contribution in [-0.2, 0) is 6.42 Å². The molecule has 0 radical (unpaired) electrons. The summed E-state index contributed by atoms with van der Waals surface area (Å²) in [5.74, 6) is 0. The van der Waals surface area contributed by atoms with E-state index in [0.29, 0.717) is 0 Å². The van der Waals surface area contributed by atoms with Crippen molar-refractivity contribution in [2.24, 2.45) is 0 Å². The van der Waals surface area contributed by atoms with Crippen molar-refractivity contribution >= 4 is 22.7 Å². The Bertz CT molecular complexity index is 468. The van der Waals surface area contributed by atoms with Gasteiger partial charge in [-0.3, -0.25) is 0 Å². The highest BCUT2D eigenvalue weighted by molar-refractivity contribution is 7.22. The van der Waals surface area contributed by atoms with Gasteiger partial charge in [0.2, 0.25) is 0 Å². The first-order chi connectivity index (χ1) is 8.15. The van der Waals surface area contributed by atoms with E-state index >= 15 is 0 Å². The quantitative estimate of drug-likeness (QED) is 0.780. The Morgan fingerprint density at radius 2 is 1.71 bits per heavy atom. The van der Waals surface area contributed by atoms with Gasteiger partial charge in [-0.1, -0.05) is 0 Å². The predicted octanol–water partition coefficient (Wildman–Crippen LogP) is 4.28. The number of aryl methyl sites for hydroxylation is 2. The minimum atomic E-state index is 1.17. The summed E-state index contributed by atoms with van der Waals surface area (Å²) >= 11 is 3.83. The molecule has 2 heterocycles. The second-order valence-electron chi connectivity index (χ2n) is 4.58. The third kappa shape index (κ3) is 3.66. The largest absolute Gasteiger partial charge is 0.309 e. The van der Waals surface area contributed by atoms with E-state index in [-0.39, 0.29) is 0 Å². The van der Waals surface area contributed by atoms with E-state index in [0.717, 1.165) is 0 Å². The lowest BCUT2D eigenvalue weighted by Gasteiger charge is -2.07. The highest BCUT2D eigenvalue weighted by Gasteiger charge is 2.05. The predicted molar refractivity (Wildman–Crippen MR) is 79.2 cm³/mol. The SMILES string of the molecule is Cc1ccc(-c2ccc(CCCN(C)C)s2)s1. The van der Waals surface area contributed by atoms with Crippen LogP contribution in [0.15, 0.2) is 24.3 Å². The fraction of sp³-hybridized carbons (Fsp3) is 0.429. The minimum absolute atomic E-state index is 1.17. The van der Waals surface area contributed by atoms with E-state index in [4.69, 9.17) is 0 Å². The van der Waals surface area contributed by atoms with Crippen LogP contribution in [0.3, 0.4) is 0 Å². The van der Waals surface area contributed by atoms with E-state index in [1.54, 1.807) is 0 Å². The molecule has 0 aliphatic rings. The Morgan fingerprint density at radius 1 is 1.00 bits per heavy atom. The summed E-state index contributed by atoms with van der Waals surface area (Å²) in [6.45, 7) is 3.34. The molecule has 3 heteroatoms. The molecule has 0 saturated carbocycles. The van der Waals surface area contributed by atoms with Gasteiger partial charge in [-0.25, -0.2) is 0 Å². The zero-order valence-electron chi connectivity index (χ0n) is 10.7. The molecule has 0 saturated heterocycles. The molecule has 1 nitrogen and oxygen atoms in total. The van der Waals surface area contributed by atoms with Gasteiger partial charge in [0.25, 0.3) is 0 Å². The van der Waals surface area contributed by atoms with Crippen LogP contribution in [0.25, 0.3) is 9.75 Å². The third-order valence-electron chi connectivity index (χ3n) is 2.67. The molecular weight excluding hydrogens is 246 g/mol. The lowest BCUT2D eigenvalue weighted by Crippen LogP contribution is -2.13. The average Bonchev–Trinajstić information content (AvgIpc) is 2.86. The van der Waals surface area contributed by atoms with Crippen LogP contribution in [0.1, 0.15) is 16.2 Å². The van der Waals surface area contributed by atoms with E-state index in [1.165, 1.54) is 38.9 Å². The van der Waals surface area contributed by atoms with Crippen molar-refractivity contribution in [2.45, 2.75) is 19.8 Å². The first kappa shape index (κ1) is 12.8. The smallest absolute Gasteiger partial charge is 0.0445 e. The zero-order chi connectivity index (χ0) is 12.3. The van der Waals surface area contributed by atoms with Crippen molar-refractivity contribution in [1.82, 2.24) is 4.90 Å². The molecule has 17 heavy (non-hydrogen) atoms. The Morgan fingerprint density at radius 3 is 2.35 bits per heavy atom. The molecule has 0 spiro atoms. The molecule has 0 amide bonds. The van der Waals surface area contributed by atoms with E-state index in [2.05, 4.69) is 50.2 Å². The maximum absolute atomic E-state index is 2.28. The standard InChI is InChI=1S/C14H19NS2/c1-11-6-8-13(16-11)14-9-7-12(17-14)5-4-10-15(2)3/h6-9H,4-5,10H2,1-3H3. The van der Waals surface area contributed by atoms with Crippen LogP contribution >= 0.6 is 22.7 Å². The molecule has 92 valence electrons. The molecule has 2 aromatic rings. The van der Waals surface area contributed by atoms with E-state index in [1.807, 2.05) is 22.7 Å². The van der Waals surface area contributed by atoms with Crippen molar-refractivity contribution in [3.8, 4) is 9.75 Å². The molecule has 0 fully saturated rings. The second kappa shape index (κ2) is 5.80. The summed E-state index contributed by atoms with van der Waals surface area (Å²) in [5.41, 5.74) is 0. The van der Waals surface area contributed by atoms with Crippen LogP contribution in [-0.4, -0.2) is 25.5 Å². The summed E-state index contributed by atoms with van der Waals surface area (Å²) in [6, 6.07) is 8.98. The van der Waals surface area contributed by atoms with Gasteiger partial charge in [0.05, 0.1) is 0 Å². The lowest BCUT2D eigenvalue weighted by atomic mass is 10.2. The molecule has 0 N–H and O–H groups in total. The number of hydrogen-bond donors (Lipinski definition) is 0. The van der Waals surface area contributed by atoms with Gasteiger partial charge in [-0.05, 0) is 64.7 Å². The summed E-state index contributed by atoms with van der Waals surface area (Å²) < 4.78 is 0. The van der Waals surface area contributed by atoms with Crippen LogP contribution in [0, 0.1) is 6.92 Å². The van der Waals surface area contributed by atoms with Gasteiger partial charge in [-0.2, -0.15) is 0 Å².